The van der Waals surface area contributed by atoms with Gasteiger partial charge in [-0.1, -0.05) is 13.3 Å². The molecule has 0 saturated carbocycles. The van der Waals surface area contributed by atoms with E-state index in [0.717, 1.165) is 44.5 Å². The molecule has 2 aliphatic rings. The van der Waals surface area contributed by atoms with Crippen LogP contribution in [-0.2, 0) is 9.59 Å². The lowest BCUT2D eigenvalue weighted by Gasteiger charge is -2.27. The zero-order chi connectivity index (χ0) is 17.6. The van der Waals surface area contributed by atoms with Gasteiger partial charge in [0, 0.05) is 44.1 Å². The molecular formula is C19H28N4O2. The summed E-state index contributed by atoms with van der Waals surface area (Å²) >= 11 is 0. The van der Waals surface area contributed by atoms with Crippen molar-refractivity contribution in [1.82, 2.24) is 15.2 Å². The lowest BCUT2D eigenvalue weighted by Crippen LogP contribution is -2.47. The van der Waals surface area contributed by atoms with E-state index in [1.54, 1.807) is 17.3 Å². The molecule has 6 heteroatoms. The number of likely N-dealkylation sites (tertiary alicyclic amines) is 1. The van der Waals surface area contributed by atoms with Gasteiger partial charge in [0.05, 0.1) is 12.6 Å². The van der Waals surface area contributed by atoms with Gasteiger partial charge in [-0.2, -0.15) is 0 Å². The third kappa shape index (κ3) is 4.50. The van der Waals surface area contributed by atoms with Crippen molar-refractivity contribution in [1.29, 1.82) is 0 Å². The van der Waals surface area contributed by atoms with E-state index in [1.807, 2.05) is 12.1 Å². The number of nitrogens with zero attached hydrogens (tertiary/aromatic N) is 3. The van der Waals surface area contributed by atoms with Crippen molar-refractivity contribution in [3.63, 3.8) is 0 Å². The largest absolute Gasteiger partial charge is 0.369 e. The first-order valence-corrected chi connectivity index (χ1v) is 9.39. The minimum absolute atomic E-state index is 0.0297. The smallest absolute Gasteiger partial charge is 0.239 e. The van der Waals surface area contributed by atoms with Crippen LogP contribution in [0.2, 0.25) is 0 Å². The molecule has 0 spiro atoms. The monoisotopic (exact) mass is 344 g/mol. The first-order valence-electron chi connectivity index (χ1n) is 9.39. The van der Waals surface area contributed by atoms with E-state index in [-0.39, 0.29) is 24.4 Å². The summed E-state index contributed by atoms with van der Waals surface area (Å²) in [7, 11) is 0. The van der Waals surface area contributed by atoms with Crippen LogP contribution in [0.1, 0.15) is 39.0 Å². The third-order valence-corrected chi connectivity index (χ3v) is 5.23. The van der Waals surface area contributed by atoms with E-state index >= 15 is 0 Å². The Hall–Kier alpha value is -2.11. The molecule has 0 aromatic carbocycles. The summed E-state index contributed by atoms with van der Waals surface area (Å²) in [5, 5.41) is 3.19. The van der Waals surface area contributed by atoms with Gasteiger partial charge in [0.2, 0.25) is 11.8 Å². The molecule has 3 rings (SSSR count). The molecule has 1 aromatic heterocycles. The topological polar surface area (TPSA) is 65.5 Å². The summed E-state index contributed by atoms with van der Waals surface area (Å²) in [6.07, 6.45) is 8.32. The van der Waals surface area contributed by atoms with Gasteiger partial charge >= 0.3 is 0 Å². The van der Waals surface area contributed by atoms with Crippen molar-refractivity contribution in [2.75, 3.05) is 31.1 Å². The summed E-state index contributed by atoms with van der Waals surface area (Å²) in [6, 6.07) is 4.17. The zero-order valence-corrected chi connectivity index (χ0v) is 15.0. The first-order chi connectivity index (χ1) is 12.2. The van der Waals surface area contributed by atoms with E-state index in [4.69, 9.17) is 0 Å². The van der Waals surface area contributed by atoms with Crippen LogP contribution in [-0.4, -0.2) is 53.9 Å². The van der Waals surface area contributed by atoms with Gasteiger partial charge in [-0.25, -0.2) is 0 Å². The highest BCUT2D eigenvalue weighted by atomic mass is 16.2. The van der Waals surface area contributed by atoms with Gasteiger partial charge in [0.15, 0.2) is 0 Å². The van der Waals surface area contributed by atoms with Gasteiger partial charge in [0.1, 0.15) is 0 Å². The third-order valence-electron chi connectivity index (χ3n) is 5.23. The van der Waals surface area contributed by atoms with Crippen LogP contribution >= 0.6 is 0 Å². The second kappa shape index (κ2) is 8.32. The van der Waals surface area contributed by atoms with E-state index in [2.05, 4.69) is 22.1 Å². The second-order valence-electron chi connectivity index (χ2n) is 7.11. The van der Waals surface area contributed by atoms with Crippen LogP contribution < -0.4 is 10.2 Å². The van der Waals surface area contributed by atoms with Gasteiger partial charge in [-0.3, -0.25) is 14.6 Å². The maximum Gasteiger partial charge on any atom is 0.239 e. The molecule has 2 amide bonds. The quantitative estimate of drug-likeness (QED) is 0.855. The molecule has 0 aliphatic carbocycles. The van der Waals surface area contributed by atoms with Crippen molar-refractivity contribution in [2.45, 2.75) is 45.1 Å². The standard InChI is InChI=1S/C19H28N4O2/c1-2-5-15-12-23(16-7-9-20-10-8-16)13-17(15)21-18(24)14-22-11-4-3-6-19(22)25/h7-10,15,17H,2-6,11-14H2,1H3,(H,21,24)/t15-,17-/m0/s1. The summed E-state index contributed by atoms with van der Waals surface area (Å²) in [5.41, 5.74) is 1.15. The lowest BCUT2D eigenvalue weighted by molar-refractivity contribution is -0.138. The molecule has 1 N–H and O–H groups in total. The van der Waals surface area contributed by atoms with E-state index in [9.17, 15) is 9.59 Å². The van der Waals surface area contributed by atoms with Crippen LogP contribution in [0.5, 0.6) is 0 Å². The second-order valence-corrected chi connectivity index (χ2v) is 7.11. The Morgan fingerprint density at radius 2 is 2.08 bits per heavy atom. The normalized spacial score (nSPS) is 23.8. The Bertz CT molecular complexity index is 592. The molecule has 0 bridgehead atoms. The Balaban J connectivity index is 1.59. The fourth-order valence-electron chi connectivity index (χ4n) is 3.92. The van der Waals surface area contributed by atoms with Gasteiger partial charge < -0.3 is 15.1 Å². The predicted octanol–water partition coefficient (Wildman–Crippen LogP) is 1.82. The highest BCUT2D eigenvalue weighted by molar-refractivity contribution is 5.85. The number of carbonyl (C=O) groups is 2. The number of pyridine rings is 1. The fourth-order valence-corrected chi connectivity index (χ4v) is 3.92. The molecule has 2 atom stereocenters. The number of amides is 2. The molecule has 0 radical (unpaired) electrons. The number of piperidine rings is 1. The van der Waals surface area contributed by atoms with Gasteiger partial charge in [-0.15, -0.1) is 0 Å². The Labute approximate surface area is 149 Å². The lowest BCUT2D eigenvalue weighted by atomic mass is 9.98. The van der Waals surface area contributed by atoms with Crippen LogP contribution in [0.15, 0.2) is 24.5 Å². The number of hydrogen-bond acceptors (Lipinski definition) is 4. The number of hydrogen-bond donors (Lipinski definition) is 1. The molecule has 6 nitrogen and oxygen atoms in total. The minimum atomic E-state index is -0.0297. The van der Waals surface area contributed by atoms with Crippen molar-refractivity contribution >= 4 is 17.5 Å². The van der Waals surface area contributed by atoms with Crippen LogP contribution in [0, 0.1) is 5.92 Å². The number of anilines is 1. The van der Waals surface area contributed by atoms with E-state index in [0.29, 0.717) is 18.9 Å². The zero-order valence-electron chi connectivity index (χ0n) is 15.0. The van der Waals surface area contributed by atoms with Crippen molar-refractivity contribution in [2.24, 2.45) is 5.92 Å². The van der Waals surface area contributed by atoms with Crippen LogP contribution in [0.3, 0.4) is 0 Å². The summed E-state index contributed by atoms with van der Waals surface area (Å²) in [5.74, 6) is 0.522. The minimum Gasteiger partial charge on any atom is -0.369 e. The van der Waals surface area contributed by atoms with Crippen molar-refractivity contribution in [3.8, 4) is 0 Å². The number of rotatable bonds is 6. The molecule has 25 heavy (non-hydrogen) atoms. The van der Waals surface area contributed by atoms with Crippen molar-refractivity contribution in [3.05, 3.63) is 24.5 Å². The highest BCUT2D eigenvalue weighted by Crippen LogP contribution is 2.26. The fraction of sp³-hybridized carbons (Fsp3) is 0.632. The van der Waals surface area contributed by atoms with Crippen molar-refractivity contribution < 1.29 is 9.59 Å². The van der Waals surface area contributed by atoms with Gasteiger partial charge in [-0.05, 0) is 37.3 Å². The van der Waals surface area contributed by atoms with Crippen LogP contribution in [0.25, 0.3) is 0 Å². The average Bonchev–Trinajstić information content (AvgIpc) is 3.01. The number of aromatic nitrogens is 1. The molecule has 1 aromatic rings. The molecule has 2 saturated heterocycles. The van der Waals surface area contributed by atoms with Gasteiger partial charge in [0.25, 0.3) is 0 Å². The summed E-state index contributed by atoms with van der Waals surface area (Å²) in [6.45, 7) is 4.85. The Morgan fingerprint density at radius 3 is 2.80 bits per heavy atom. The average molecular weight is 344 g/mol. The Morgan fingerprint density at radius 1 is 1.28 bits per heavy atom. The summed E-state index contributed by atoms with van der Waals surface area (Å²) in [4.78, 5) is 32.5. The predicted molar refractivity (Wildman–Crippen MR) is 97.2 cm³/mol. The molecule has 2 fully saturated rings. The molecule has 0 unspecified atom stereocenters. The first kappa shape index (κ1) is 17.7. The number of carbonyl (C=O) groups excluding carboxylic acids is 2. The SMILES string of the molecule is CCC[C@H]1CN(c2ccncc2)C[C@@H]1NC(=O)CN1CCCCC1=O. The van der Waals surface area contributed by atoms with Crippen LogP contribution in [0.4, 0.5) is 5.69 Å². The molecule has 2 aliphatic heterocycles. The molecule has 3 heterocycles. The summed E-state index contributed by atoms with van der Waals surface area (Å²) < 4.78 is 0. The Kier molecular flexibility index (Phi) is 5.89. The molecule has 136 valence electrons. The number of nitrogens with one attached hydrogen (secondary N) is 1. The maximum atomic E-state index is 12.5. The van der Waals surface area contributed by atoms with E-state index in [1.165, 1.54) is 0 Å². The molecular weight excluding hydrogens is 316 g/mol. The van der Waals surface area contributed by atoms with E-state index < -0.39 is 0 Å². The maximum absolute atomic E-state index is 12.5. The highest BCUT2D eigenvalue weighted by Gasteiger charge is 2.33.